The predicted octanol–water partition coefficient (Wildman–Crippen LogP) is 0.756. The van der Waals surface area contributed by atoms with Crippen molar-refractivity contribution in [2.45, 2.75) is 37.6 Å². The highest BCUT2D eigenvalue weighted by Crippen LogP contribution is 2.29. The summed E-state index contributed by atoms with van der Waals surface area (Å²) in [6, 6.07) is 1.85. The van der Waals surface area contributed by atoms with E-state index in [0.717, 1.165) is 31.9 Å². The minimum absolute atomic E-state index is 0.0461. The Labute approximate surface area is 154 Å². The number of piperidine rings is 1. The predicted molar refractivity (Wildman–Crippen MR) is 97.6 cm³/mol. The number of carbonyl (C=O) groups excluding carboxylic acids is 2. The molecule has 144 valence electrons. The van der Waals surface area contributed by atoms with Crippen LogP contribution in [-0.4, -0.2) is 65.4 Å². The second-order valence-corrected chi connectivity index (χ2v) is 7.27. The van der Waals surface area contributed by atoms with Crippen molar-refractivity contribution in [3.63, 3.8) is 0 Å². The second kappa shape index (κ2) is 8.07. The molecule has 3 rings (SSSR count). The van der Waals surface area contributed by atoms with Crippen LogP contribution in [0.25, 0.3) is 0 Å². The van der Waals surface area contributed by atoms with E-state index < -0.39 is 5.54 Å². The van der Waals surface area contributed by atoms with E-state index in [0.29, 0.717) is 38.3 Å². The third kappa shape index (κ3) is 4.00. The molecule has 3 heterocycles. The fourth-order valence-electron chi connectivity index (χ4n) is 3.85. The molecule has 0 spiro atoms. The molecule has 8 nitrogen and oxygen atoms in total. The van der Waals surface area contributed by atoms with Crippen LogP contribution in [-0.2, 0) is 21.4 Å². The number of nitrogens with one attached hydrogen (secondary N) is 2. The standard InChI is InChI=1S/C18H29N5O3/c1-19-17(25)18(21-15-3-8-20-22(15)2)6-9-23(10-7-18)16(24)13-14-4-11-26-12-5-14/h3,8,14,21H,4-7,9-13H2,1-2H3,(H,19,25). The summed E-state index contributed by atoms with van der Waals surface area (Å²) < 4.78 is 7.08. The maximum atomic E-state index is 12.6. The topological polar surface area (TPSA) is 88.5 Å². The van der Waals surface area contributed by atoms with Crippen molar-refractivity contribution in [1.29, 1.82) is 0 Å². The minimum atomic E-state index is -0.710. The lowest BCUT2D eigenvalue weighted by molar-refractivity contribution is -0.137. The van der Waals surface area contributed by atoms with Gasteiger partial charge in [0, 0.05) is 52.9 Å². The van der Waals surface area contributed by atoms with Crippen LogP contribution in [0.15, 0.2) is 12.3 Å². The first-order valence-corrected chi connectivity index (χ1v) is 9.38. The molecule has 1 aromatic heterocycles. The molecule has 0 bridgehead atoms. The zero-order valence-electron chi connectivity index (χ0n) is 15.7. The molecular weight excluding hydrogens is 334 g/mol. The molecule has 2 aliphatic heterocycles. The van der Waals surface area contributed by atoms with Crippen molar-refractivity contribution in [3.8, 4) is 0 Å². The number of likely N-dealkylation sites (N-methyl/N-ethyl adjacent to an activating group) is 1. The van der Waals surface area contributed by atoms with Crippen molar-refractivity contribution >= 4 is 17.6 Å². The van der Waals surface area contributed by atoms with Gasteiger partial charge in [0.2, 0.25) is 11.8 Å². The van der Waals surface area contributed by atoms with Gasteiger partial charge < -0.3 is 20.3 Å². The van der Waals surface area contributed by atoms with E-state index in [4.69, 9.17) is 4.74 Å². The van der Waals surface area contributed by atoms with Crippen LogP contribution in [0, 0.1) is 5.92 Å². The molecule has 0 aromatic carbocycles. The number of carbonyl (C=O) groups is 2. The third-order valence-corrected chi connectivity index (χ3v) is 5.62. The zero-order chi connectivity index (χ0) is 18.6. The summed E-state index contributed by atoms with van der Waals surface area (Å²) in [6.07, 6.45) is 5.38. The number of amides is 2. The lowest BCUT2D eigenvalue weighted by Gasteiger charge is -2.41. The molecule has 2 fully saturated rings. The van der Waals surface area contributed by atoms with Gasteiger partial charge in [-0.1, -0.05) is 0 Å². The lowest BCUT2D eigenvalue weighted by atomic mass is 9.85. The van der Waals surface area contributed by atoms with E-state index in [1.54, 1.807) is 17.9 Å². The maximum absolute atomic E-state index is 12.6. The Morgan fingerprint density at radius 2 is 2.00 bits per heavy atom. The quantitative estimate of drug-likeness (QED) is 0.806. The molecule has 0 unspecified atom stereocenters. The molecule has 0 aliphatic carbocycles. The zero-order valence-corrected chi connectivity index (χ0v) is 15.7. The number of nitrogens with zero attached hydrogens (tertiary/aromatic N) is 3. The van der Waals surface area contributed by atoms with Crippen LogP contribution in [0.1, 0.15) is 32.1 Å². The van der Waals surface area contributed by atoms with Crippen molar-refractivity contribution in [2.24, 2.45) is 13.0 Å². The van der Waals surface area contributed by atoms with Gasteiger partial charge >= 0.3 is 0 Å². The first-order chi connectivity index (χ1) is 12.5. The average molecular weight is 363 g/mol. The van der Waals surface area contributed by atoms with Gasteiger partial charge in [-0.05, 0) is 31.6 Å². The number of hydrogen-bond donors (Lipinski definition) is 2. The van der Waals surface area contributed by atoms with Crippen LogP contribution >= 0.6 is 0 Å². The number of aromatic nitrogens is 2. The Bertz CT molecular complexity index is 631. The first kappa shape index (κ1) is 18.7. The van der Waals surface area contributed by atoms with Crippen molar-refractivity contribution in [3.05, 3.63) is 12.3 Å². The number of anilines is 1. The maximum Gasteiger partial charge on any atom is 0.245 e. The molecule has 2 N–H and O–H groups in total. The van der Waals surface area contributed by atoms with Gasteiger partial charge in [-0.3, -0.25) is 14.3 Å². The molecule has 2 amide bonds. The molecule has 2 saturated heterocycles. The van der Waals surface area contributed by atoms with Crippen molar-refractivity contribution in [1.82, 2.24) is 20.0 Å². The summed E-state index contributed by atoms with van der Waals surface area (Å²) >= 11 is 0. The SMILES string of the molecule is CNC(=O)C1(Nc2ccnn2C)CCN(C(=O)CC2CCOCC2)CC1. The van der Waals surface area contributed by atoms with Gasteiger partial charge in [-0.25, -0.2) is 0 Å². The number of aryl methyl sites for hydroxylation is 1. The normalized spacial score (nSPS) is 20.6. The molecule has 0 atom stereocenters. The van der Waals surface area contributed by atoms with E-state index in [2.05, 4.69) is 15.7 Å². The van der Waals surface area contributed by atoms with E-state index in [1.165, 1.54) is 0 Å². The summed E-state index contributed by atoms with van der Waals surface area (Å²) in [4.78, 5) is 27.1. The summed E-state index contributed by atoms with van der Waals surface area (Å²) in [5.41, 5.74) is -0.710. The van der Waals surface area contributed by atoms with Gasteiger partial charge in [-0.15, -0.1) is 0 Å². The van der Waals surface area contributed by atoms with Gasteiger partial charge in [0.15, 0.2) is 0 Å². The number of ether oxygens (including phenoxy) is 1. The Morgan fingerprint density at radius 1 is 1.31 bits per heavy atom. The molecule has 0 radical (unpaired) electrons. The van der Waals surface area contributed by atoms with Crippen LogP contribution in [0.4, 0.5) is 5.82 Å². The van der Waals surface area contributed by atoms with E-state index in [1.807, 2.05) is 18.0 Å². The Hall–Kier alpha value is -2.09. The van der Waals surface area contributed by atoms with Crippen LogP contribution in [0.2, 0.25) is 0 Å². The monoisotopic (exact) mass is 363 g/mol. The number of rotatable bonds is 5. The van der Waals surface area contributed by atoms with Crippen molar-refractivity contribution < 1.29 is 14.3 Å². The molecule has 1 aromatic rings. The van der Waals surface area contributed by atoms with Crippen LogP contribution in [0.5, 0.6) is 0 Å². The van der Waals surface area contributed by atoms with Crippen LogP contribution < -0.4 is 10.6 Å². The minimum Gasteiger partial charge on any atom is -0.381 e. The smallest absolute Gasteiger partial charge is 0.245 e. The fourth-order valence-corrected chi connectivity index (χ4v) is 3.85. The van der Waals surface area contributed by atoms with Gasteiger partial charge in [0.1, 0.15) is 11.4 Å². The van der Waals surface area contributed by atoms with E-state index >= 15 is 0 Å². The highest BCUT2D eigenvalue weighted by molar-refractivity contribution is 5.89. The van der Waals surface area contributed by atoms with E-state index in [-0.39, 0.29) is 11.8 Å². The largest absolute Gasteiger partial charge is 0.381 e. The lowest BCUT2D eigenvalue weighted by Crippen LogP contribution is -2.58. The average Bonchev–Trinajstić information content (AvgIpc) is 3.06. The Balaban J connectivity index is 1.61. The van der Waals surface area contributed by atoms with Gasteiger partial charge in [0.05, 0.1) is 6.20 Å². The summed E-state index contributed by atoms with van der Waals surface area (Å²) in [7, 11) is 3.49. The highest BCUT2D eigenvalue weighted by atomic mass is 16.5. The second-order valence-electron chi connectivity index (χ2n) is 7.27. The fraction of sp³-hybridized carbons (Fsp3) is 0.722. The highest BCUT2D eigenvalue weighted by Gasteiger charge is 2.42. The Kier molecular flexibility index (Phi) is 5.80. The molecule has 26 heavy (non-hydrogen) atoms. The summed E-state index contributed by atoms with van der Waals surface area (Å²) in [5, 5.41) is 10.3. The summed E-state index contributed by atoms with van der Waals surface area (Å²) in [6.45, 7) is 2.68. The van der Waals surface area contributed by atoms with E-state index in [9.17, 15) is 9.59 Å². The number of hydrogen-bond acceptors (Lipinski definition) is 5. The molecular formula is C18H29N5O3. The molecule has 2 aliphatic rings. The van der Waals surface area contributed by atoms with Crippen molar-refractivity contribution in [2.75, 3.05) is 38.7 Å². The van der Waals surface area contributed by atoms with Gasteiger partial charge in [0.25, 0.3) is 0 Å². The third-order valence-electron chi connectivity index (χ3n) is 5.62. The summed E-state index contributed by atoms with van der Waals surface area (Å²) in [5.74, 6) is 1.38. The molecule has 0 saturated carbocycles. The van der Waals surface area contributed by atoms with Gasteiger partial charge in [-0.2, -0.15) is 5.10 Å². The van der Waals surface area contributed by atoms with Crippen LogP contribution in [0.3, 0.4) is 0 Å². The number of likely N-dealkylation sites (tertiary alicyclic amines) is 1. The molecule has 8 heteroatoms. The first-order valence-electron chi connectivity index (χ1n) is 9.38. The Morgan fingerprint density at radius 3 is 2.58 bits per heavy atom.